The fourth-order valence-electron chi connectivity index (χ4n) is 2.03. The molecule has 0 aromatic carbocycles. The third-order valence-electron chi connectivity index (χ3n) is 3.28. The van der Waals surface area contributed by atoms with Crippen molar-refractivity contribution in [1.82, 2.24) is 15.2 Å². The van der Waals surface area contributed by atoms with Crippen LogP contribution in [0.2, 0.25) is 0 Å². The lowest BCUT2D eigenvalue weighted by molar-refractivity contribution is -0.134. The molecule has 0 saturated carbocycles. The number of carbonyl (C=O) groups excluding carboxylic acids is 2. The van der Waals surface area contributed by atoms with Gasteiger partial charge in [-0.1, -0.05) is 0 Å². The number of hydrogen-bond acceptors (Lipinski definition) is 5. The number of anilines is 1. The summed E-state index contributed by atoms with van der Waals surface area (Å²) in [6.45, 7) is 3.90. The van der Waals surface area contributed by atoms with Gasteiger partial charge in [-0.15, -0.1) is 0 Å². The fraction of sp³-hybridized carbons (Fsp3) is 0.500. The highest BCUT2D eigenvalue weighted by Gasteiger charge is 2.17. The summed E-state index contributed by atoms with van der Waals surface area (Å²) in [6, 6.07) is 2.91. The number of pyridine rings is 1. The zero-order valence-electron chi connectivity index (χ0n) is 12.7. The maximum Gasteiger partial charge on any atom is 0.319 e. The Morgan fingerprint density at radius 2 is 2.09 bits per heavy atom. The van der Waals surface area contributed by atoms with Gasteiger partial charge in [-0.2, -0.15) is 0 Å². The Kier molecular flexibility index (Phi) is 5.54. The number of aryl methyl sites for hydroxylation is 1. The van der Waals surface area contributed by atoms with Crippen molar-refractivity contribution >= 4 is 17.6 Å². The van der Waals surface area contributed by atoms with Crippen LogP contribution in [0.15, 0.2) is 12.1 Å². The molecule has 1 saturated heterocycles. The molecular formula is C14H20N4O4. The molecule has 22 heavy (non-hydrogen) atoms. The Morgan fingerprint density at radius 3 is 2.73 bits per heavy atom. The maximum atomic E-state index is 11.9. The van der Waals surface area contributed by atoms with Gasteiger partial charge in [0.1, 0.15) is 0 Å². The van der Waals surface area contributed by atoms with Gasteiger partial charge in [-0.3, -0.25) is 4.79 Å². The smallest absolute Gasteiger partial charge is 0.319 e. The first-order valence-corrected chi connectivity index (χ1v) is 7.02. The number of carbonyl (C=O) groups is 2. The molecule has 1 fully saturated rings. The van der Waals surface area contributed by atoms with Gasteiger partial charge < -0.3 is 25.0 Å². The minimum Gasteiger partial charge on any atom is -0.481 e. The second-order valence-electron chi connectivity index (χ2n) is 4.79. The first kappa shape index (κ1) is 16.0. The van der Waals surface area contributed by atoms with Crippen LogP contribution in [-0.4, -0.2) is 61.8 Å². The van der Waals surface area contributed by atoms with Gasteiger partial charge in [0.2, 0.25) is 11.8 Å². The second-order valence-corrected chi connectivity index (χ2v) is 4.79. The minimum absolute atomic E-state index is 0.0472. The van der Waals surface area contributed by atoms with Crippen LogP contribution in [0.5, 0.6) is 5.88 Å². The van der Waals surface area contributed by atoms with Crippen LogP contribution in [0, 0.1) is 6.92 Å². The molecule has 0 spiro atoms. The molecule has 1 aromatic heterocycles. The van der Waals surface area contributed by atoms with Crippen LogP contribution in [0.4, 0.5) is 10.5 Å². The van der Waals surface area contributed by atoms with Crippen molar-refractivity contribution in [2.75, 3.05) is 45.3 Å². The van der Waals surface area contributed by atoms with E-state index < -0.39 is 6.03 Å². The third kappa shape index (κ3) is 4.32. The predicted octanol–water partition coefficient (Wildman–Crippen LogP) is 0.379. The van der Waals surface area contributed by atoms with Crippen molar-refractivity contribution in [2.45, 2.75) is 6.92 Å². The fourth-order valence-corrected chi connectivity index (χ4v) is 2.03. The van der Waals surface area contributed by atoms with Gasteiger partial charge in [0.25, 0.3) is 0 Å². The average Bonchev–Trinajstić information content (AvgIpc) is 2.55. The molecule has 0 bridgehead atoms. The number of aromatic nitrogens is 1. The van der Waals surface area contributed by atoms with Gasteiger partial charge in [0.05, 0.1) is 38.2 Å². The summed E-state index contributed by atoms with van der Waals surface area (Å²) < 4.78 is 10.2. The zero-order chi connectivity index (χ0) is 15.9. The molecule has 1 aromatic rings. The van der Waals surface area contributed by atoms with Gasteiger partial charge in [-0.25, -0.2) is 9.78 Å². The number of ether oxygens (including phenoxy) is 2. The maximum absolute atomic E-state index is 11.9. The van der Waals surface area contributed by atoms with E-state index in [1.165, 1.54) is 7.11 Å². The van der Waals surface area contributed by atoms with Crippen LogP contribution >= 0.6 is 0 Å². The lowest BCUT2D eigenvalue weighted by Gasteiger charge is -2.26. The number of methoxy groups -OCH3 is 1. The first-order chi connectivity index (χ1) is 10.6. The van der Waals surface area contributed by atoms with Crippen molar-refractivity contribution in [1.29, 1.82) is 0 Å². The monoisotopic (exact) mass is 308 g/mol. The highest BCUT2D eigenvalue weighted by atomic mass is 16.5. The van der Waals surface area contributed by atoms with E-state index in [2.05, 4.69) is 15.6 Å². The van der Waals surface area contributed by atoms with Crippen LogP contribution in [0.3, 0.4) is 0 Å². The molecule has 1 aliphatic rings. The van der Waals surface area contributed by atoms with Crippen molar-refractivity contribution in [2.24, 2.45) is 0 Å². The van der Waals surface area contributed by atoms with E-state index >= 15 is 0 Å². The molecule has 0 radical (unpaired) electrons. The quantitative estimate of drug-likeness (QED) is 0.839. The normalized spacial score (nSPS) is 14.4. The van der Waals surface area contributed by atoms with Gasteiger partial charge in [0, 0.05) is 19.2 Å². The van der Waals surface area contributed by atoms with Crippen LogP contribution in [0.25, 0.3) is 0 Å². The van der Waals surface area contributed by atoms with Gasteiger partial charge >= 0.3 is 6.03 Å². The van der Waals surface area contributed by atoms with Gasteiger partial charge in [0.15, 0.2) is 0 Å². The molecule has 8 heteroatoms. The number of urea groups is 1. The lowest BCUT2D eigenvalue weighted by atomic mass is 10.3. The molecule has 2 N–H and O–H groups in total. The molecule has 3 amide bonds. The summed E-state index contributed by atoms with van der Waals surface area (Å²) in [7, 11) is 1.53. The van der Waals surface area contributed by atoms with Crippen LogP contribution in [-0.2, 0) is 9.53 Å². The number of hydrogen-bond donors (Lipinski definition) is 2. The SMILES string of the molecule is COc1ccc(NC(=O)NCC(=O)N2CCOCC2)c(C)n1. The van der Waals surface area contributed by atoms with E-state index in [4.69, 9.17) is 9.47 Å². The van der Waals surface area contributed by atoms with E-state index in [0.29, 0.717) is 43.6 Å². The zero-order valence-corrected chi connectivity index (χ0v) is 12.7. The summed E-state index contributed by atoms with van der Waals surface area (Å²) in [6.07, 6.45) is 0. The van der Waals surface area contributed by atoms with E-state index in [9.17, 15) is 9.59 Å². The number of rotatable bonds is 4. The highest BCUT2D eigenvalue weighted by Crippen LogP contribution is 2.16. The molecule has 0 atom stereocenters. The van der Waals surface area contributed by atoms with E-state index in [-0.39, 0.29) is 12.5 Å². The van der Waals surface area contributed by atoms with Crippen molar-refractivity contribution in [3.63, 3.8) is 0 Å². The number of morpholine rings is 1. The summed E-state index contributed by atoms with van der Waals surface area (Å²) in [5.74, 6) is 0.356. The largest absolute Gasteiger partial charge is 0.481 e. The first-order valence-electron chi connectivity index (χ1n) is 7.02. The third-order valence-corrected chi connectivity index (χ3v) is 3.28. The average molecular weight is 308 g/mol. The Hall–Kier alpha value is -2.35. The summed E-state index contributed by atoms with van der Waals surface area (Å²) in [5, 5.41) is 5.20. The predicted molar refractivity (Wildman–Crippen MR) is 79.9 cm³/mol. The van der Waals surface area contributed by atoms with E-state index in [1.54, 1.807) is 24.0 Å². The van der Waals surface area contributed by atoms with E-state index in [0.717, 1.165) is 0 Å². The Bertz CT molecular complexity index is 544. The number of amides is 3. The molecule has 120 valence electrons. The van der Waals surface area contributed by atoms with E-state index in [1.807, 2.05) is 0 Å². The summed E-state index contributed by atoms with van der Waals surface area (Å²) in [5.41, 5.74) is 1.20. The van der Waals surface area contributed by atoms with Crippen LogP contribution < -0.4 is 15.4 Å². The summed E-state index contributed by atoms with van der Waals surface area (Å²) >= 11 is 0. The minimum atomic E-state index is -0.448. The Morgan fingerprint density at radius 1 is 1.36 bits per heavy atom. The summed E-state index contributed by atoms with van der Waals surface area (Å²) in [4.78, 5) is 29.6. The lowest BCUT2D eigenvalue weighted by Crippen LogP contribution is -2.46. The number of nitrogens with zero attached hydrogens (tertiary/aromatic N) is 2. The van der Waals surface area contributed by atoms with Gasteiger partial charge in [-0.05, 0) is 13.0 Å². The highest BCUT2D eigenvalue weighted by molar-refractivity contribution is 5.92. The molecule has 0 aliphatic carbocycles. The topological polar surface area (TPSA) is 92.8 Å². The molecule has 8 nitrogen and oxygen atoms in total. The Labute approximate surface area is 128 Å². The Balaban J connectivity index is 1.81. The van der Waals surface area contributed by atoms with Crippen molar-refractivity contribution in [3.8, 4) is 5.88 Å². The second kappa shape index (κ2) is 7.60. The number of nitrogens with one attached hydrogen (secondary N) is 2. The molecule has 1 aliphatic heterocycles. The van der Waals surface area contributed by atoms with Crippen molar-refractivity contribution in [3.05, 3.63) is 17.8 Å². The molecule has 2 heterocycles. The molecule has 0 unspecified atom stereocenters. The molecular weight excluding hydrogens is 288 g/mol. The van der Waals surface area contributed by atoms with Crippen molar-refractivity contribution < 1.29 is 19.1 Å². The molecule has 2 rings (SSSR count). The standard InChI is InChI=1S/C14H20N4O4/c1-10-11(3-4-12(16-10)21-2)17-14(20)15-9-13(19)18-5-7-22-8-6-18/h3-4H,5-9H2,1-2H3,(H2,15,17,20). The van der Waals surface area contributed by atoms with Crippen LogP contribution in [0.1, 0.15) is 5.69 Å².